The molecule has 3 rings (SSSR count). The lowest BCUT2D eigenvalue weighted by Crippen LogP contribution is -2.20. The molecule has 0 saturated carbocycles. The predicted molar refractivity (Wildman–Crippen MR) is 82.4 cm³/mol. The van der Waals surface area contributed by atoms with Gasteiger partial charge < -0.3 is 4.98 Å². The maximum absolute atomic E-state index is 12.3. The van der Waals surface area contributed by atoms with E-state index in [1.807, 2.05) is 42.6 Å². The molecule has 0 amide bonds. The van der Waals surface area contributed by atoms with Gasteiger partial charge >= 0.3 is 0 Å². The van der Waals surface area contributed by atoms with E-state index < -0.39 is 0 Å². The van der Waals surface area contributed by atoms with Crippen LogP contribution in [0.5, 0.6) is 0 Å². The average molecular weight is 288 g/mol. The summed E-state index contributed by atoms with van der Waals surface area (Å²) in [7, 11) is 0. The fraction of sp³-hybridized carbons (Fsp3) is 0.143. The second-order valence-corrected chi connectivity index (χ2v) is 5.47. The van der Waals surface area contributed by atoms with E-state index in [1.165, 1.54) is 11.3 Å². The van der Waals surface area contributed by atoms with Gasteiger partial charge in [-0.2, -0.15) is 0 Å². The van der Waals surface area contributed by atoms with Crippen LogP contribution in [0.4, 0.5) is 0 Å². The molecule has 0 aliphatic rings. The van der Waals surface area contributed by atoms with Gasteiger partial charge in [0.2, 0.25) is 0 Å². The Balaban J connectivity index is 2.37. The zero-order valence-electron chi connectivity index (χ0n) is 10.3. The monoisotopic (exact) mass is 288 g/mol. The number of thiophene rings is 1. The smallest absolute Gasteiger partial charge is 0.272 e. The third-order valence-electron chi connectivity index (χ3n) is 3.11. The van der Waals surface area contributed by atoms with Crippen molar-refractivity contribution in [1.29, 1.82) is 0 Å². The topological polar surface area (TPSA) is 37.8 Å². The highest BCUT2D eigenvalue weighted by Gasteiger charge is 2.11. The van der Waals surface area contributed by atoms with Crippen molar-refractivity contribution in [3.05, 3.63) is 50.8 Å². The zero-order chi connectivity index (χ0) is 13.4. The molecule has 0 bridgehead atoms. The van der Waals surface area contributed by atoms with Crippen LogP contribution in [0.3, 0.4) is 0 Å². The Morgan fingerprint density at radius 3 is 2.74 bits per heavy atom. The molecule has 19 heavy (non-hydrogen) atoms. The molecule has 2 heterocycles. The van der Waals surface area contributed by atoms with Gasteiger partial charge in [0.1, 0.15) is 4.70 Å². The van der Waals surface area contributed by atoms with E-state index in [4.69, 9.17) is 12.2 Å². The highest BCUT2D eigenvalue weighted by atomic mass is 32.1. The number of rotatable bonds is 2. The maximum atomic E-state index is 12.3. The molecule has 0 fully saturated rings. The number of hydrogen-bond donors (Lipinski definition) is 1. The summed E-state index contributed by atoms with van der Waals surface area (Å²) in [5.74, 6) is 0. The third kappa shape index (κ3) is 1.95. The van der Waals surface area contributed by atoms with Gasteiger partial charge in [0.15, 0.2) is 4.77 Å². The molecule has 96 valence electrons. The van der Waals surface area contributed by atoms with Crippen molar-refractivity contribution in [2.24, 2.45) is 0 Å². The first-order valence-corrected chi connectivity index (χ1v) is 7.31. The summed E-state index contributed by atoms with van der Waals surface area (Å²) in [6, 6.07) is 10.0. The molecule has 1 N–H and O–H groups in total. The Hall–Kier alpha value is -1.72. The molecule has 3 nitrogen and oxygen atoms in total. The van der Waals surface area contributed by atoms with E-state index in [1.54, 1.807) is 4.57 Å². The summed E-state index contributed by atoms with van der Waals surface area (Å²) in [6.45, 7) is 2.51. The lowest BCUT2D eigenvalue weighted by molar-refractivity contribution is 0.706. The normalized spacial score (nSPS) is 11.0. The van der Waals surface area contributed by atoms with Crippen LogP contribution in [-0.2, 0) is 6.54 Å². The minimum atomic E-state index is -0.00608. The minimum Gasteiger partial charge on any atom is -0.330 e. The van der Waals surface area contributed by atoms with Crippen molar-refractivity contribution < 1.29 is 0 Å². The van der Waals surface area contributed by atoms with Crippen LogP contribution >= 0.6 is 23.6 Å². The van der Waals surface area contributed by atoms with Gasteiger partial charge in [0.05, 0.1) is 5.52 Å². The third-order valence-corrected chi connectivity index (χ3v) is 4.40. The number of benzene rings is 1. The summed E-state index contributed by atoms with van der Waals surface area (Å²) in [5.41, 5.74) is 2.96. The van der Waals surface area contributed by atoms with Crippen molar-refractivity contribution in [3.63, 3.8) is 0 Å². The number of nitrogens with one attached hydrogen (secondary N) is 1. The average Bonchev–Trinajstić information content (AvgIpc) is 2.84. The quantitative estimate of drug-likeness (QED) is 0.728. The molecule has 0 aliphatic heterocycles. The van der Waals surface area contributed by atoms with Crippen molar-refractivity contribution in [2.75, 3.05) is 0 Å². The van der Waals surface area contributed by atoms with E-state index >= 15 is 0 Å². The Kier molecular flexibility index (Phi) is 3.08. The van der Waals surface area contributed by atoms with Gasteiger partial charge in [0.25, 0.3) is 5.56 Å². The largest absolute Gasteiger partial charge is 0.330 e. The fourth-order valence-corrected chi connectivity index (χ4v) is 3.44. The molecule has 0 spiro atoms. The van der Waals surface area contributed by atoms with E-state index in [9.17, 15) is 4.79 Å². The molecule has 0 atom stereocenters. The molecule has 0 saturated heterocycles. The Bertz CT molecular complexity index is 843. The Morgan fingerprint density at radius 1 is 1.32 bits per heavy atom. The van der Waals surface area contributed by atoms with Crippen molar-refractivity contribution in [2.45, 2.75) is 13.5 Å². The summed E-state index contributed by atoms with van der Waals surface area (Å²) >= 11 is 6.72. The van der Waals surface area contributed by atoms with Gasteiger partial charge in [0, 0.05) is 17.5 Å². The lowest BCUT2D eigenvalue weighted by Gasteiger charge is -2.04. The number of aromatic amines is 1. The Labute approximate surface area is 119 Å². The summed E-state index contributed by atoms with van der Waals surface area (Å²) in [5, 5.41) is 2.01. The number of fused-ring (bicyclic) bond motifs is 1. The summed E-state index contributed by atoms with van der Waals surface area (Å²) < 4.78 is 2.80. The molecular formula is C14H12N2OS2. The molecule has 0 aliphatic carbocycles. The van der Waals surface area contributed by atoms with Crippen LogP contribution in [-0.4, -0.2) is 9.55 Å². The SMILES string of the molecule is CCn1c(=S)[nH]c2c(-c3ccccc3)csc2c1=O. The molecule has 0 radical (unpaired) electrons. The van der Waals surface area contributed by atoms with Crippen LogP contribution in [0, 0.1) is 4.77 Å². The number of nitrogens with zero attached hydrogens (tertiary/aromatic N) is 1. The first-order chi connectivity index (χ1) is 9.22. The van der Waals surface area contributed by atoms with Crippen LogP contribution in [0.1, 0.15) is 6.92 Å². The molecule has 0 unspecified atom stereocenters. The highest BCUT2D eigenvalue weighted by molar-refractivity contribution is 7.71. The summed E-state index contributed by atoms with van der Waals surface area (Å²) in [4.78, 5) is 15.5. The van der Waals surface area contributed by atoms with E-state index in [2.05, 4.69) is 4.98 Å². The first kappa shape index (κ1) is 12.3. The number of hydrogen-bond acceptors (Lipinski definition) is 3. The van der Waals surface area contributed by atoms with E-state index in [-0.39, 0.29) is 5.56 Å². The van der Waals surface area contributed by atoms with Crippen molar-refractivity contribution in [1.82, 2.24) is 9.55 Å². The molecule has 5 heteroatoms. The molecule has 2 aromatic heterocycles. The molecule has 1 aromatic carbocycles. The molecular weight excluding hydrogens is 276 g/mol. The first-order valence-electron chi connectivity index (χ1n) is 6.02. The highest BCUT2D eigenvalue weighted by Crippen LogP contribution is 2.30. The van der Waals surface area contributed by atoms with Gasteiger partial charge in [-0.25, -0.2) is 0 Å². The second kappa shape index (κ2) is 4.75. The second-order valence-electron chi connectivity index (χ2n) is 4.20. The van der Waals surface area contributed by atoms with E-state index in [0.717, 1.165) is 21.3 Å². The summed E-state index contributed by atoms with van der Waals surface area (Å²) in [6.07, 6.45) is 0. The van der Waals surface area contributed by atoms with Gasteiger partial charge in [-0.05, 0) is 24.7 Å². The standard InChI is InChI=1S/C14H12N2OS2/c1-2-16-13(17)12-11(15-14(16)18)10(8-19-12)9-6-4-3-5-7-9/h3-8H,2H2,1H3,(H,15,18). The van der Waals surface area contributed by atoms with Crippen molar-refractivity contribution in [3.8, 4) is 11.1 Å². The van der Waals surface area contributed by atoms with Gasteiger partial charge in [-0.3, -0.25) is 9.36 Å². The van der Waals surface area contributed by atoms with E-state index in [0.29, 0.717) is 11.3 Å². The van der Waals surface area contributed by atoms with Gasteiger partial charge in [-0.15, -0.1) is 11.3 Å². The zero-order valence-corrected chi connectivity index (χ0v) is 12.0. The fourth-order valence-electron chi connectivity index (χ4n) is 2.15. The molecule has 3 aromatic rings. The Morgan fingerprint density at radius 2 is 2.05 bits per heavy atom. The van der Waals surface area contributed by atoms with Gasteiger partial charge in [-0.1, -0.05) is 30.3 Å². The van der Waals surface area contributed by atoms with Crippen LogP contribution in [0.15, 0.2) is 40.5 Å². The van der Waals surface area contributed by atoms with Crippen LogP contribution in [0.2, 0.25) is 0 Å². The number of aromatic nitrogens is 2. The maximum Gasteiger partial charge on any atom is 0.272 e. The number of H-pyrrole nitrogens is 1. The lowest BCUT2D eigenvalue weighted by atomic mass is 10.1. The van der Waals surface area contributed by atoms with Crippen LogP contribution < -0.4 is 5.56 Å². The van der Waals surface area contributed by atoms with Crippen molar-refractivity contribution >= 4 is 33.8 Å². The van der Waals surface area contributed by atoms with Crippen LogP contribution in [0.25, 0.3) is 21.3 Å². The minimum absolute atomic E-state index is 0.00608. The predicted octanol–water partition coefficient (Wildman–Crippen LogP) is 3.81.